The highest BCUT2D eigenvalue weighted by Crippen LogP contribution is 2.25. The summed E-state index contributed by atoms with van der Waals surface area (Å²) in [7, 11) is 0. The first-order valence-electron chi connectivity index (χ1n) is 7.92. The Morgan fingerprint density at radius 2 is 2.00 bits per heavy atom. The van der Waals surface area contributed by atoms with Crippen molar-refractivity contribution in [3.63, 3.8) is 0 Å². The van der Waals surface area contributed by atoms with Crippen molar-refractivity contribution in [1.29, 1.82) is 0 Å². The van der Waals surface area contributed by atoms with Gasteiger partial charge in [-0.15, -0.1) is 0 Å². The molecule has 1 aromatic rings. The molecule has 1 atom stereocenters. The van der Waals surface area contributed by atoms with Gasteiger partial charge in [-0.2, -0.15) is 0 Å². The summed E-state index contributed by atoms with van der Waals surface area (Å²) in [5, 5.41) is 0. The van der Waals surface area contributed by atoms with Crippen LogP contribution in [0.1, 0.15) is 52.6 Å². The van der Waals surface area contributed by atoms with E-state index in [1.807, 2.05) is 13.8 Å². The van der Waals surface area contributed by atoms with Gasteiger partial charge < -0.3 is 9.30 Å². The van der Waals surface area contributed by atoms with Crippen LogP contribution in [-0.4, -0.2) is 40.3 Å². The van der Waals surface area contributed by atoms with Crippen LogP contribution in [0.2, 0.25) is 0 Å². The number of fused-ring (bicyclic) bond motifs is 1. The number of imidazole rings is 1. The normalized spacial score (nSPS) is 23.1. The van der Waals surface area contributed by atoms with Gasteiger partial charge in [0.1, 0.15) is 5.82 Å². The Kier molecular flexibility index (Phi) is 4.86. The van der Waals surface area contributed by atoms with E-state index in [9.17, 15) is 0 Å². The molecule has 0 saturated carbocycles. The predicted octanol–water partition coefficient (Wildman–Crippen LogP) is 2.81. The van der Waals surface area contributed by atoms with Gasteiger partial charge in [-0.05, 0) is 6.42 Å². The van der Waals surface area contributed by atoms with Gasteiger partial charge in [-0.3, -0.25) is 4.90 Å². The summed E-state index contributed by atoms with van der Waals surface area (Å²) in [5.74, 6) is 1.22. The maximum atomic E-state index is 5.49. The van der Waals surface area contributed by atoms with Crippen LogP contribution in [0.3, 0.4) is 0 Å². The van der Waals surface area contributed by atoms with E-state index in [-0.39, 0.29) is 5.41 Å². The van der Waals surface area contributed by atoms with E-state index in [0.717, 1.165) is 32.8 Å². The van der Waals surface area contributed by atoms with Crippen LogP contribution in [0.15, 0.2) is 6.20 Å². The molecule has 0 radical (unpaired) electrons. The van der Waals surface area contributed by atoms with E-state index in [4.69, 9.17) is 9.72 Å². The molecule has 1 fully saturated rings. The van der Waals surface area contributed by atoms with Crippen molar-refractivity contribution in [2.45, 2.75) is 65.6 Å². The standard InChI is InChI=1S/C14H23N3O.C2H6/c1-14(2,3)12-8-17-6-5-16(9-13(17)15-12)11-4-7-18-10-11;1-2/h8,11H,4-7,9-10H2,1-3H3;1-2H3. The summed E-state index contributed by atoms with van der Waals surface area (Å²) >= 11 is 0. The van der Waals surface area contributed by atoms with E-state index >= 15 is 0 Å². The summed E-state index contributed by atoms with van der Waals surface area (Å²) in [6.07, 6.45) is 3.41. The molecular formula is C16H29N3O. The minimum Gasteiger partial charge on any atom is -0.380 e. The predicted molar refractivity (Wildman–Crippen MR) is 81.9 cm³/mol. The van der Waals surface area contributed by atoms with E-state index in [1.165, 1.54) is 17.9 Å². The molecule has 4 nitrogen and oxygen atoms in total. The highest BCUT2D eigenvalue weighted by Gasteiger charge is 2.29. The summed E-state index contributed by atoms with van der Waals surface area (Å²) in [4.78, 5) is 7.35. The number of hydrogen-bond acceptors (Lipinski definition) is 3. The molecule has 1 unspecified atom stereocenters. The fourth-order valence-corrected chi connectivity index (χ4v) is 2.75. The van der Waals surface area contributed by atoms with Gasteiger partial charge in [0.2, 0.25) is 0 Å². The molecule has 3 heterocycles. The molecule has 0 aliphatic carbocycles. The van der Waals surface area contributed by atoms with Crippen LogP contribution in [-0.2, 0) is 23.2 Å². The molecule has 0 N–H and O–H groups in total. The lowest BCUT2D eigenvalue weighted by Gasteiger charge is -2.31. The van der Waals surface area contributed by atoms with Gasteiger partial charge in [-0.25, -0.2) is 4.98 Å². The first-order chi connectivity index (χ1) is 9.54. The third-order valence-electron chi connectivity index (χ3n) is 4.02. The molecule has 0 aromatic carbocycles. The van der Waals surface area contributed by atoms with E-state index < -0.39 is 0 Å². The molecule has 114 valence electrons. The number of ether oxygens (including phenoxy) is 1. The van der Waals surface area contributed by atoms with Gasteiger partial charge in [0.15, 0.2) is 0 Å². The van der Waals surface area contributed by atoms with Crippen molar-refractivity contribution >= 4 is 0 Å². The third-order valence-corrected chi connectivity index (χ3v) is 4.02. The monoisotopic (exact) mass is 279 g/mol. The fourth-order valence-electron chi connectivity index (χ4n) is 2.75. The molecule has 0 spiro atoms. The average Bonchev–Trinajstić information content (AvgIpc) is 3.08. The van der Waals surface area contributed by atoms with E-state index in [0.29, 0.717) is 6.04 Å². The molecule has 4 heteroatoms. The van der Waals surface area contributed by atoms with Crippen LogP contribution in [0.4, 0.5) is 0 Å². The van der Waals surface area contributed by atoms with E-state index in [2.05, 4.69) is 36.4 Å². The molecule has 3 rings (SSSR count). The molecule has 1 saturated heterocycles. The zero-order valence-corrected chi connectivity index (χ0v) is 13.6. The number of hydrogen-bond donors (Lipinski definition) is 0. The largest absolute Gasteiger partial charge is 0.380 e. The van der Waals surface area contributed by atoms with Crippen LogP contribution >= 0.6 is 0 Å². The van der Waals surface area contributed by atoms with Gasteiger partial charge in [0, 0.05) is 37.4 Å². The topological polar surface area (TPSA) is 30.3 Å². The Morgan fingerprint density at radius 3 is 2.60 bits per heavy atom. The zero-order valence-electron chi connectivity index (χ0n) is 13.6. The molecule has 20 heavy (non-hydrogen) atoms. The summed E-state index contributed by atoms with van der Waals surface area (Å²) in [5.41, 5.74) is 1.35. The van der Waals surface area contributed by atoms with Crippen LogP contribution in [0, 0.1) is 0 Å². The van der Waals surface area contributed by atoms with Gasteiger partial charge in [0.05, 0.1) is 18.8 Å². The Labute approximate surface area is 123 Å². The second-order valence-corrected chi connectivity index (χ2v) is 6.47. The maximum absolute atomic E-state index is 5.49. The number of aromatic nitrogens is 2. The highest BCUT2D eigenvalue weighted by atomic mass is 16.5. The smallest absolute Gasteiger partial charge is 0.123 e. The maximum Gasteiger partial charge on any atom is 0.123 e. The van der Waals surface area contributed by atoms with Gasteiger partial charge in [0.25, 0.3) is 0 Å². The Balaban J connectivity index is 0.000000704. The first-order valence-corrected chi connectivity index (χ1v) is 7.92. The first kappa shape index (κ1) is 15.5. The molecule has 0 bridgehead atoms. The minimum atomic E-state index is 0.144. The van der Waals surface area contributed by atoms with Crippen molar-refractivity contribution in [2.24, 2.45) is 0 Å². The van der Waals surface area contributed by atoms with Crippen LogP contribution < -0.4 is 0 Å². The van der Waals surface area contributed by atoms with Gasteiger partial charge in [-0.1, -0.05) is 34.6 Å². The Morgan fingerprint density at radius 1 is 1.25 bits per heavy atom. The lowest BCUT2D eigenvalue weighted by Crippen LogP contribution is -2.41. The Hall–Kier alpha value is -0.870. The fraction of sp³-hybridized carbons (Fsp3) is 0.812. The lowest BCUT2D eigenvalue weighted by molar-refractivity contribution is 0.121. The summed E-state index contributed by atoms with van der Waals surface area (Å²) < 4.78 is 7.82. The molecular weight excluding hydrogens is 250 g/mol. The van der Waals surface area contributed by atoms with E-state index in [1.54, 1.807) is 0 Å². The van der Waals surface area contributed by atoms with Crippen LogP contribution in [0.25, 0.3) is 0 Å². The average molecular weight is 279 g/mol. The lowest BCUT2D eigenvalue weighted by atomic mass is 9.93. The highest BCUT2D eigenvalue weighted by molar-refractivity contribution is 5.14. The second-order valence-electron chi connectivity index (χ2n) is 6.47. The van der Waals surface area contributed by atoms with Crippen molar-refractivity contribution in [3.8, 4) is 0 Å². The minimum absolute atomic E-state index is 0.144. The van der Waals surface area contributed by atoms with Crippen molar-refractivity contribution in [1.82, 2.24) is 14.5 Å². The molecule has 2 aliphatic rings. The van der Waals surface area contributed by atoms with Gasteiger partial charge >= 0.3 is 0 Å². The van der Waals surface area contributed by atoms with Crippen LogP contribution in [0.5, 0.6) is 0 Å². The molecule has 2 aliphatic heterocycles. The van der Waals surface area contributed by atoms with Crippen molar-refractivity contribution in [3.05, 3.63) is 17.7 Å². The van der Waals surface area contributed by atoms with Crippen molar-refractivity contribution < 1.29 is 4.74 Å². The Bertz CT molecular complexity index is 427. The SMILES string of the molecule is CC.CC(C)(C)c1cn2c(n1)CN(C1CCOC1)CC2. The zero-order chi connectivity index (χ0) is 14.8. The number of nitrogens with zero attached hydrogens (tertiary/aromatic N) is 3. The summed E-state index contributed by atoms with van der Waals surface area (Å²) in [6, 6.07) is 0.605. The van der Waals surface area contributed by atoms with Crippen molar-refractivity contribution in [2.75, 3.05) is 19.8 Å². The quantitative estimate of drug-likeness (QED) is 0.792. The number of rotatable bonds is 1. The second kappa shape index (κ2) is 6.27. The molecule has 0 amide bonds. The molecule has 1 aromatic heterocycles. The third kappa shape index (κ3) is 3.23. The summed E-state index contributed by atoms with van der Waals surface area (Å²) in [6.45, 7) is 15.7.